The molecule has 0 rings (SSSR count). The van der Waals surface area contributed by atoms with Crippen LogP contribution in [0.2, 0.25) is 0 Å². The average molecular weight is 192 g/mol. The molecule has 0 saturated carbocycles. The van der Waals surface area contributed by atoms with Crippen LogP contribution in [0.3, 0.4) is 0 Å². The standard InChI is InChI=1S/C9H17FO3/c1-6(2)12-9(8(11)5-10)13-7(3)4/h6-7,9H,5H2,1-4H3. The summed E-state index contributed by atoms with van der Waals surface area (Å²) in [7, 11) is 0. The van der Waals surface area contributed by atoms with Gasteiger partial charge >= 0.3 is 0 Å². The number of hydrogen-bond acceptors (Lipinski definition) is 3. The predicted molar refractivity (Wildman–Crippen MR) is 47.2 cm³/mol. The Morgan fingerprint density at radius 3 is 1.77 bits per heavy atom. The Balaban J connectivity index is 4.10. The Kier molecular flexibility index (Phi) is 5.82. The lowest BCUT2D eigenvalue weighted by Gasteiger charge is -2.20. The lowest BCUT2D eigenvalue weighted by atomic mass is 10.4. The molecular weight excluding hydrogens is 175 g/mol. The molecule has 0 unspecified atom stereocenters. The van der Waals surface area contributed by atoms with E-state index in [1.54, 1.807) is 27.7 Å². The van der Waals surface area contributed by atoms with E-state index in [2.05, 4.69) is 0 Å². The highest BCUT2D eigenvalue weighted by Gasteiger charge is 2.21. The lowest BCUT2D eigenvalue weighted by molar-refractivity contribution is -0.190. The molecule has 0 aromatic rings. The summed E-state index contributed by atoms with van der Waals surface area (Å²) in [4.78, 5) is 11.0. The van der Waals surface area contributed by atoms with E-state index < -0.39 is 18.7 Å². The second-order valence-corrected chi connectivity index (χ2v) is 3.30. The smallest absolute Gasteiger partial charge is 0.221 e. The third-order valence-corrected chi connectivity index (χ3v) is 1.19. The maximum absolute atomic E-state index is 12.0. The van der Waals surface area contributed by atoms with Gasteiger partial charge in [-0.25, -0.2) is 4.39 Å². The fourth-order valence-corrected chi connectivity index (χ4v) is 0.741. The van der Waals surface area contributed by atoms with E-state index in [-0.39, 0.29) is 12.2 Å². The van der Waals surface area contributed by atoms with Crippen molar-refractivity contribution in [2.24, 2.45) is 0 Å². The first kappa shape index (κ1) is 12.5. The highest BCUT2D eigenvalue weighted by atomic mass is 19.1. The molecular formula is C9H17FO3. The van der Waals surface area contributed by atoms with E-state index in [4.69, 9.17) is 9.47 Å². The van der Waals surface area contributed by atoms with Gasteiger partial charge < -0.3 is 9.47 Å². The largest absolute Gasteiger partial charge is 0.343 e. The minimum atomic E-state index is -1.06. The number of hydrogen-bond donors (Lipinski definition) is 0. The molecule has 0 aromatic heterocycles. The van der Waals surface area contributed by atoms with E-state index in [9.17, 15) is 9.18 Å². The molecule has 0 heterocycles. The van der Waals surface area contributed by atoms with Crippen LogP contribution >= 0.6 is 0 Å². The molecule has 13 heavy (non-hydrogen) atoms. The monoisotopic (exact) mass is 192 g/mol. The minimum absolute atomic E-state index is 0.153. The summed E-state index contributed by atoms with van der Waals surface area (Å²) in [6.45, 7) is 6.01. The molecule has 0 atom stereocenters. The third-order valence-electron chi connectivity index (χ3n) is 1.19. The maximum atomic E-state index is 12.0. The van der Waals surface area contributed by atoms with Crippen LogP contribution in [0.4, 0.5) is 4.39 Å². The zero-order valence-corrected chi connectivity index (χ0v) is 8.54. The number of carbonyl (C=O) groups excluding carboxylic acids is 1. The number of alkyl halides is 1. The molecule has 0 amide bonds. The normalized spacial score (nSPS) is 11.7. The summed E-state index contributed by atoms with van der Waals surface area (Å²) in [5.41, 5.74) is 0. The highest BCUT2D eigenvalue weighted by molar-refractivity contribution is 5.82. The fraction of sp³-hybridized carbons (Fsp3) is 0.889. The van der Waals surface area contributed by atoms with E-state index in [1.807, 2.05) is 0 Å². The maximum Gasteiger partial charge on any atom is 0.221 e. The van der Waals surface area contributed by atoms with E-state index >= 15 is 0 Å². The highest BCUT2D eigenvalue weighted by Crippen LogP contribution is 2.05. The zero-order chi connectivity index (χ0) is 10.4. The molecule has 78 valence electrons. The molecule has 0 fully saturated rings. The van der Waals surface area contributed by atoms with Crippen LogP contribution in [-0.4, -0.2) is 31.0 Å². The van der Waals surface area contributed by atoms with Crippen LogP contribution in [0.1, 0.15) is 27.7 Å². The number of rotatable bonds is 6. The summed E-state index contributed by atoms with van der Waals surface area (Å²) in [6, 6.07) is 0. The molecule has 0 radical (unpaired) electrons. The van der Waals surface area contributed by atoms with Gasteiger partial charge in [0.25, 0.3) is 0 Å². The third kappa shape index (κ3) is 5.71. The van der Waals surface area contributed by atoms with Crippen LogP contribution < -0.4 is 0 Å². The Bertz CT molecular complexity index is 147. The van der Waals surface area contributed by atoms with Gasteiger partial charge in [-0.3, -0.25) is 4.79 Å². The van der Waals surface area contributed by atoms with Crippen molar-refractivity contribution in [3.05, 3.63) is 0 Å². The Morgan fingerprint density at radius 1 is 1.15 bits per heavy atom. The van der Waals surface area contributed by atoms with E-state index in [1.165, 1.54) is 0 Å². The van der Waals surface area contributed by atoms with Crippen molar-refractivity contribution < 1.29 is 18.7 Å². The summed E-state index contributed by atoms with van der Waals surface area (Å²) >= 11 is 0. The second-order valence-electron chi connectivity index (χ2n) is 3.30. The topological polar surface area (TPSA) is 35.5 Å². The number of ether oxygens (including phenoxy) is 2. The van der Waals surface area contributed by atoms with Crippen LogP contribution in [-0.2, 0) is 14.3 Å². The van der Waals surface area contributed by atoms with Crippen LogP contribution in [0.15, 0.2) is 0 Å². The molecule has 0 N–H and O–H groups in total. The van der Waals surface area contributed by atoms with Gasteiger partial charge in [-0.2, -0.15) is 0 Å². The van der Waals surface area contributed by atoms with Crippen molar-refractivity contribution in [2.45, 2.75) is 46.2 Å². The molecule has 4 heteroatoms. The Hall–Kier alpha value is -0.480. The average Bonchev–Trinajstić information content (AvgIpc) is 2.00. The zero-order valence-electron chi connectivity index (χ0n) is 8.54. The van der Waals surface area contributed by atoms with Crippen molar-refractivity contribution in [2.75, 3.05) is 6.67 Å². The van der Waals surface area contributed by atoms with Crippen molar-refractivity contribution in [3.8, 4) is 0 Å². The molecule has 3 nitrogen and oxygen atoms in total. The summed E-state index contributed by atoms with van der Waals surface area (Å²) < 4.78 is 22.2. The molecule has 0 aliphatic rings. The molecule has 0 saturated heterocycles. The van der Waals surface area contributed by atoms with Crippen molar-refractivity contribution >= 4 is 5.78 Å². The summed E-state index contributed by atoms with van der Waals surface area (Å²) in [6.07, 6.45) is -1.37. The van der Waals surface area contributed by atoms with Crippen molar-refractivity contribution in [1.29, 1.82) is 0 Å². The van der Waals surface area contributed by atoms with Crippen LogP contribution in [0.25, 0.3) is 0 Å². The lowest BCUT2D eigenvalue weighted by Crippen LogP contribution is -2.33. The summed E-state index contributed by atoms with van der Waals surface area (Å²) in [5, 5.41) is 0. The first-order chi connectivity index (χ1) is 5.97. The van der Waals surface area contributed by atoms with Gasteiger partial charge in [-0.1, -0.05) is 0 Å². The summed E-state index contributed by atoms with van der Waals surface area (Å²) in [5.74, 6) is -0.664. The van der Waals surface area contributed by atoms with Gasteiger partial charge in [0, 0.05) is 0 Å². The van der Waals surface area contributed by atoms with Crippen molar-refractivity contribution in [1.82, 2.24) is 0 Å². The number of ketones is 1. The van der Waals surface area contributed by atoms with E-state index in [0.29, 0.717) is 0 Å². The van der Waals surface area contributed by atoms with Crippen LogP contribution in [0.5, 0.6) is 0 Å². The number of carbonyl (C=O) groups is 1. The number of Topliss-reactive ketones (excluding diaryl/α,β-unsaturated/α-hetero) is 1. The molecule has 0 spiro atoms. The Labute approximate surface area is 78.2 Å². The van der Waals surface area contributed by atoms with Gasteiger partial charge in [0.15, 0.2) is 6.67 Å². The first-order valence-electron chi connectivity index (χ1n) is 4.37. The minimum Gasteiger partial charge on any atom is -0.343 e. The fourth-order valence-electron chi connectivity index (χ4n) is 0.741. The predicted octanol–water partition coefficient (Wildman–Crippen LogP) is 1.70. The molecule has 0 aromatic carbocycles. The quantitative estimate of drug-likeness (QED) is 0.601. The van der Waals surface area contributed by atoms with Gasteiger partial charge in [0.2, 0.25) is 12.1 Å². The van der Waals surface area contributed by atoms with Gasteiger partial charge in [0.1, 0.15) is 0 Å². The van der Waals surface area contributed by atoms with Gasteiger partial charge in [-0.15, -0.1) is 0 Å². The first-order valence-corrected chi connectivity index (χ1v) is 4.37. The number of halogens is 1. The van der Waals surface area contributed by atoms with Gasteiger partial charge in [0.05, 0.1) is 12.2 Å². The molecule has 0 aliphatic carbocycles. The molecule has 0 bridgehead atoms. The SMILES string of the molecule is CC(C)OC(OC(C)C)C(=O)CF. The van der Waals surface area contributed by atoms with Crippen LogP contribution in [0, 0.1) is 0 Å². The van der Waals surface area contributed by atoms with E-state index in [0.717, 1.165) is 0 Å². The second kappa shape index (κ2) is 6.05. The Morgan fingerprint density at radius 2 is 1.54 bits per heavy atom. The van der Waals surface area contributed by atoms with Gasteiger partial charge in [-0.05, 0) is 27.7 Å². The molecule has 0 aliphatic heterocycles. The van der Waals surface area contributed by atoms with Crippen molar-refractivity contribution in [3.63, 3.8) is 0 Å².